The van der Waals surface area contributed by atoms with Crippen molar-refractivity contribution < 1.29 is 14.1 Å². The number of amides is 1. The molecule has 0 radical (unpaired) electrons. The topological polar surface area (TPSA) is 71.7 Å². The van der Waals surface area contributed by atoms with Crippen LogP contribution in [0, 0.1) is 6.92 Å². The number of likely N-dealkylation sites (N-methyl/N-ethyl adjacent to an activating group) is 1. The van der Waals surface area contributed by atoms with Crippen LogP contribution in [0.5, 0.6) is 0 Å². The minimum absolute atomic E-state index is 0.0155. The molecule has 7 nitrogen and oxygen atoms in total. The van der Waals surface area contributed by atoms with Gasteiger partial charge in [0.15, 0.2) is 0 Å². The number of ether oxygens (including phenoxy) is 1. The fraction of sp³-hybridized carbons (Fsp3) is 0.632. The van der Waals surface area contributed by atoms with Crippen molar-refractivity contribution in [3.05, 3.63) is 23.0 Å². The Balaban J connectivity index is 1.70. The van der Waals surface area contributed by atoms with Gasteiger partial charge in [-0.05, 0) is 25.3 Å². The number of hydrogen-bond acceptors (Lipinski definition) is 6. The highest BCUT2D eigenvalue weighted by molar-refractivity contribution is 6.06. The molecule has 4 rings (SSSR count). The number of nitrogens with zero attached hydrogens (tertiary/aromatic N) is 4. The van der Waals surface area contributed by atoms with Crippen molar-refractivity contribution >= 4 is 17.0 Å². The molecule has 2 fully saturated rings. The van der Waals surface area contributed by atoms with Crippen LogP contribution in [0.2, 0.25) is 0 Å². The Labute approximate surface area is 153 Å². The SMILES string of the molecule is Cc1noc2nc(C(C)C)cc(C(=O)N(C)C3CCN4CCOC3C4)c12. The molecule has 140 valence electrons. The number of rotatable bonds is 3. The molecule has 0 aliphatic carbocycles. The van der Waals surface area contributed by atoms with Gasteiger partial charge in [0.05, 0.1) is 35.4 Å². The second-order valence-corrected chi connectivity index (χ2v) is 7.68. The zero-order chi connectivity index (χ0) is 18.4. The van der Waals surface area contributed by atoms with Crippen LogP contribution in [0.4, 0.5) is 0 Å². The normalized spacial score (nSPS) is 25.7. The summed E-state index contributed by atoms with van der Waals surface area (Å²) < 4.78 is 11.3. The average Bonchev–Trinajstić information content (AvgIpc) is 3.01. The van der Waals surface area contributed by atoms with Crippen LogP contribution in [-0.4, -0.2) is 71.3 Å². The largest absolute Gasteiger partial charge is 0.373 e. The van der Waals surface area contributed by atoms with E-state index in [1.54, 1.807) is 0 Å². The van der Waals surface area contributed by atoms with E-state index in [2.05, 4.69) is 28.9 Å². The molecule has 2 aromatic heterocycles. The van der Waals surface area contributed by atoms with Crippen molar-refractivity contribution in [2.75, 3.05) is 33.3 Å². The molecule has 0 saturated carbocycles. The molecule has 1 amide bonds. The Kier molecular flexibility index (Phi) is 4.44. The summed E-state index contributed by atoms with van der Waals surface area (Å²) in [7, 11) is 1.88. The highest BCUT2D eigenvalue weighted by Gasteiger charge is 2.37. The van der Waals surface area contributed by atoms with E-state index in [-0.39, 0.29) is 24.0 Å². The smallest absolute Gasteiger partial charge is 0.259 e. The molecule has 3 unspecified atom stereocenters. The number of pyridine rings is 1. The predicted molar refractivity (Wildman–Crippen MR) is 97.3 cm³/mol. The zero-order valence-electron chi connectivity index (χ0n) is 15.9. The molecular weight excluding hydrogens is 332 g/mol. The second kappa shape index (κ2) is 6.63. The third-order valence-electron chi connectivity index (χ3n) is 5.62. The summed E-state index contributed by atoms with van der Waals surface area (Å²) in [6, 6.07) is 1.98. The first-order valence-electron chi connectivity index (χ1n) is 9.33. The van der Waals surface area contributed by atoms with Gasteiger partial charge in [0.1, 0.15) is 0 Å². The van der Waals surface area contributed by atoms with Crippen molar-refractivity contribution in [2.24, 2.45) is 0 Å². The molecule has 0 aromatic carbocycles. The summed E-state index contributed by atoms with van der Waals surface area (Å²) in [5.74, 6) is 0.185. The van der Waals surface area contributed by atoms with Gasteiger partial charge in [-0.15, -0.1) is 0 Å². The summed E-state index contributed by atoms with van der Waals surface area (Å²) in [5.41, 5.74) is 2.60. The van der Waals surface area contributed by atoms with E-state index >= 15 is 0 Å². The van der Waals surface area contributed by atoms with Crippen molar-refractivity contribution in [1.82, 2.24) is 19.9 Å². The van der Waals surface area contributed by atoms with E-state index in [4.69, 9.17) is 9.26 Å². The number of piperidine rings is 1. The lowest BCUT2D eigenvalue weighted by Crippen LogP contribution is -2.59. The lowest BCUT2D eigenvalue weighted by molar-refractivity contribution is -0.0899. The number of hydrogen-bond donors (Lipinski definition) is 0. The Morgan fingerprint density at radius 1 is 1.38 bits per heavy atom. The number of aryl methyl sites for hydroxylation is 1. The average molecular weight is 358 g/mol. The molecule has 26 heavy (non-hydrogen) atoms. The van der Waals surface area contributed by atoms with Crippen molar-refractivity contribution in [3.63, 3.8) is 0 Å². The van der Waals surface area contributed by atoms with E-state index < -0.39 is 0 Å². The minimum atomic E-state index is -0.0155. The van der Waals surface area contributed by atoms with Gasteiger partial charge >= 0.3 is 0 Å². The molecule has 2 aliphatic rings. The Morgan fingerprint density at radius 3 is 2.96 bits per heavy atom. The highest BCUT2D eigenvalue weighted by atomic mass is 16.5. The van der Waals surface area contributed by atoms with Crippen LogP contribution in [0.3, 0.4) is 0 Å². The van der Waals surface area contributed by atoms with Gasteiger partial charge in [0, 0.05) is 32.4 Å². The monoisotopic (exact) mass is 358 g/mol. The van der Waals surface area contributed by atoms with E-state index in [9.17, 15) is 4.79 Å². The van der Waals surface area contributed by atoms with Crippen molar-refractivity contribution in [2.45, 2.75) is 45.3 Å². The Hall–Kier alpha value is -1.99. The first-order chi connectivity index (χ1) is 12.5. The lowest BCUT2D eigenvalue weighted by atomic mass is 9.97. The molecule has 2 aromatic rings. The van der Waals surface area contributed by atoms with E-state index in [1.165, 1.54) is 0 Å². The fourth-order valence-electron chi connectivity index (χ4n) is 4.03. The molecule has 0 N–H and O–H groups in total. The van der Waals surface area contributed by atoms with Gasteiger partial charge in [-0.2, -0.15) is 0 Å². The van der Waals surface area contributed by atoms with Crippen LogP contribution in [0.15, 0.2) is 10.6 Å². The van der Waals surface area contributed by atoms with Crippen molar-refractivity contribution in [3.8, 4) is 0 Å². The zero-order valence-corrected chi connectivity index (χ0v) is 15.9. The number of morpholine rings is 1. The maximum atomic E-state index is 13.4. The fourth-order valence-corrected chi connectivity index (χ4v) is 4.03. The number of carbonyl (C=O) groups excluding carboxylic acids is 1. The van der Waals surface area contributed by atoms with Gasteiger partial charge in [-0.3, -0.25) is 9.69 Å². The molecule has 2 aliphatic heterocycles. The molecule has 0 spiro atoms. The number of carbonyl (C=O) groups is 1. The minimum Gasteiger partial charge on any atom is -0.373 e. The molecular formula is C19H26N4O3. The third kappa shape index (κ3) is 2.89. The maximum absolute atomic E-state index is 13.4. The summed E-state index contributed by atoms with van der Waals surface area (Å²) in [6.45, 7) is 9.60. The standard InChI is InChI=1S/C19H26N4O3/c1-11(2)14-9-13(17-12(3)21-26-18(17)20-14)19(24)22(4)15-5-6-23-7-8-25-16(15)10-23/h9,11,15-16H,5-8,10H2,1-4H3. The summed E-state index contributed by atoms with van der Waals surface area (Å²) in [6.07, 6.45) is 1.01. The summed E-state index contributed by atoms with van der Waals surface area (Å²) in [5, 5.41) is 4.74. The summed E-state index contributed by atoms with van der Waals surface area (Å²) >= 11 is 0. The van der Waals surface area contributed by atoms with Crippen LogP contribution < -0.4 is 0 Å². The predicted octanol–water partition coefficient (Wildman–Crippen LogP) is 2.20. The second-order valence-electron chi connectivity index (χ2n) is 7.68. The molecule has 7 heteroatoms. The quantitative estimate of drug-likeness (QED) is 0.838. The van der Waals surface area contributed by atoms with Gasteiger partial charge in [0.2, 0.25) is 0 Å². The van der Waals surface area contributed by atoms with Crippen LogP contribution in [0.25, 0.3) is 11.1 Å². The van der Waals surface area contributed by atoms with Gasteiger partial charge < -0.3 is 14.2 Å². The van der Waals surface area contributed by atoms with Crippen LogP contribution in [-0.2, 0) is 4.74 Å². The molecule has 4 heterocycles. The lowest BCUT2D eigenvalue weighted by Gasteiger charge is -2.45. The first kappa shape index (κ1) is 17.4. The summed E-state index contributed by atoms with van der Waals surface area (Å²) in [4.78, 5) is 22.2. The first-order valence-corrected chi connectivity index (χ1v) is 9.33. The van der Waals surface area contributed by atoms with Gasteiger partial charge in [-0.1, -0.05) is 19.0 Å². The van der Waals surface area contributed by atoms with E-state index in [0.29, 0.717) is 22.4 Å². The van der Waals surface area contributed by atoms with E-state index in [0.717, 1.165) is 38.4 Å². The molecule has 2 saturated heterocycles. The third-order valence-corrected chi connectivity index (χ3v) is 5.62. The highest BCUT2D eigenvalue weighted by Crippen LogP contribution is 2.28. The number of aromatic nitrogens is 2. The maximum Gasteiger partial charge on any atom is 0.259 e. The number of fused-ring (bicyclic) bond motifs is 3. The molecule has 2 bridgehead atoms. The van der Waals surface area contributed by atoms with Gasteiger partial charge in [-0.25, -0.2) is 4.98 Å². The van der Waals surface area contributed by atoms with Gasteiger partial charge in [0.25, 0.3) is 11.6 Å². The molecule has 3 atom stereocenters. The van der Waals surface area contributed by atoms with Crippen LogP contribution >= 0.6 is 0 Å². The van der Waals surface area contributed by atoms with E-state index in [1.807, 2.05) is 24.9 Å². The Morgan fingerprint density at radius 2 is 2.19 bits per heavy atom. The van der Waals surface area contributed by atoms with Crippen molar-refractivity contribution in [1.29, 1.82) is 0 Å². The van der Waals surface area contributed by atoms with Crippen LogP contribution in [0.1, 0.15) is 47.9 Å². The Bertz CT molecular complexity index is 832.